The fraction of sp³-hybridized carbons (Fsp3) is 0.391. The molecule has 172 valence electrons. The van der Waals surface area contributed by atoms with Crippen LogP contribution in [0.15, 0.2) is 59.5 Å². The number of piperidine rings is 1. The van der Waals surface area contributed by atoms with Crippen LogP contribution < -0.4 is 15.4 Å². The van der Waals surface area contributed by atoms with Crippen LogP contribution in [0, 0.1) is 0 Å². The average molecular weight is 460 g/mol. The van der Waals surface area contributed by atoms with E-state index in [1.165, 1.54) is 4.31 Å². The van der Waals surface area contributed by atoms with Crippen molar-refractivity contribution in [1.29, 1.82) is 0 Å². The zero-order chi connectivity index (χ0) is 23.0. The van der Waals surface area contributed by atoms with Gasteiger partial charge in [-0.3, -0.25) is 9.59 Å². The molecule has 0 radical (unpaired) electrons. The summed E-state index contributed by atoms with van der Waals surface area (Å²) in [7, 11) is -2.05. The van der Waals surface area contributed by atoms with E-state index in [0.717, 1.165) is 24.8 Å². The summed E-state index contributed by atoms with van der Waals surface area (Å²) in [5, 5.41) is 5.18. The highest BCUT2D eigenvalue weighted by Crippen LogP contribution is 2.26. The molecule has 0 saturated carbocycles. The second-order valence-electron chi connectivity index (χ2n) is 7.62. The Balaban J connectivity index is 1.51. The predicted octanol–water partition coefficient (Wildman–Crippen LogP) is 2.06. The molecule has 0 aliphatic carbocycles. The lowest BCUT2D eigenvalue weighted by Gasteiger charge is -2.34. The molecular formula is C23H29N3O5S. The maximum atomic E-state index is 13.0. The van der Waals surface area contributed by atoms with Gasteiger partial charge in [0.2, 0.25) is 10.0 Å². The Bertz CT molecular complexity index is 1030. The Kier molecular flexibility index (Phi) is 8.24. The van der Waals surface area contributed by atoms with E-state index in [2.05, 4.69) is 10.6 Å². The number of para-hydroxylation sites is 1. The molecule has 32 heavy (non-hydrogen) atoms. The number of ether oxygens (including phenoxy) is 1. The average Bonchev–Trinajstić information content (AvgIpc) is 2.83. The summed E-state index contributed by atoms with van der Waals surface area (Å²) in [6.45, 7) is 0.837. The van der Waals surface area contributed by atoms with Crippen LogP contribution in [0.5, 0.6) is 5.75 Å². The number of amides is 2. The van der Waals surface area contributed by atoms with Crippen LogP contribution in [0.25, 0.3) is 0 Å². The molecule has 9 heteroatoms. The number of benzene rings is 2. The van der Waals surface area contributed by atoms with Crippen molar-refractivity contribution in [2.45, 2.75) is 43.2 Å². The van der Waals surface area contributed by atoms with Gasteiger partial charge in [-0.05, 0) is 37.5 Å². The first-order valence-corrected chi connectivity index (χ1v) is 12.1. The number of sulfonamides is 1. The van der Waals surface area contributed by atoms with Crippen LogP contribution in [-0.2, 0) is 26.2 Å². The molecule has 2 aromatic carbocycles. The zero-order valence-electron chi connectivity index (χ0n) is 18.1. The summed E-state index contributed by atoms with van der Waals surface area (Å²) in [5.74, 6) is -0.855. The van der Waals surface area contributed by atoms with E-state index < -0.39 is 21.8 Å². The van der Waals surface area contributed by atoms with Crippen molar-refractivity contribution >= 4 is 21.8 Å². The molecule has 1 aliphatic heterocycles. The van der Waals surface area contributed by atoms with Gasteiger partial charge in [-0.15, -0.1) is 0 Å². The van der Waals surface area contributed by atoms with Gasteiger partial charge in [0, 0.05) is 31.2 Å². The molecule has 3 rings (SSSR count). The summed E-state index contributed by atoms with van der Waals surface area (Å²) < 4.78 is 32.8. The van der Waals surface area contributed by atoms with Gasteiger partial charge >= 0.3 is 11.8 Å². The van der Waals surface area contributed by atoms with Gasteiger partial charge in [-0.1, -0.05) is 42.8 Å². The summed E-state index contributed by atoms with van der Waals surface area (Å²) >= 11 is 0. The molecule has 8 nitrogen and oxygen atoms in total. The van der Waals surface area contributed by atoms with Crippen molar-refractivity contribution in [2.24, 2.45) is 0 Å². The molecule has 1 aliphatic rings. The summed E-state index contributed by atoms with van der Waals surface area (Å²) in [4.78, 5) is 24.6. The Morgan fingerprint density at radius 2 is 1.69 bits per heavy atom. The summed E-state index contributed by atoms with van der Waals surface area (Å²) in [6, 6.07) is 15.4. The molecule has 2 aromatic rings. The fourth-order valence-corrected chi connectivity index (χ4v) is 5.59. The third kappa shape index (κ3) is 5.86. The molecule has 1 fully saturated rings. The van der Waals surface area contributed by atoms with Crippen LogP contribution in [0.4, 0.5) is 0 Å². The topological polar surface area (TPSA) is 105 Å². The first-order valence-electron chi connectivity index (χ1n) is 10.7. The van der Waals surface area contributed by atoms with E-state index in [9.17, 15) is 18.0 Å². The number of nitrogens with one attached hydrogen (secondary N) is 2. The lowest BCUT2D eigenvalue weighted by Crippen LogP contribution is -2.46. The first-order chi connectivity index (χ1) is 15.4. The Hall–Kier alpha value is -2.91. The van der Waals surface area contributed by atoms with Crippen molar-refractivity contribution in [2.75, 3.05) is 20.2 Å². The summed E-state index contributed by atoms with van der Waals surface area (Å²) in [6.07, 6.45) is 2.90. The lowest BCUT2D eigenvalue weighted by molar-refractivity contribution is -0.139. The SMILES string of the molecule is COc1ccccc1CNC(=O)C(=O)NCC[C@@H]1CCCCN1S(=O)(=O)c1ccccc1. The minimum absolute atomic E-state index is 0.169. The van der Waals surface area contributed by atoms with Crippen LogP contribution >= 0.6 is 0 Å². The normalized spacial score (nSPS) is 16.8. The monoisotopic (exact) mass is 459 g/mol. The van der Waals surface area contributed by atoms with Crippen molar-refractivity contribution in [3.63, 3.8) is 0 Å². The summed E-state index contributed by atoms with van der Waals surface area (Å²) in [5.41, 5.74) is 0.764. The van der Waals surface area contributed by atoms with Gasteiger partial charge in [0.05, 0.1) is 12.0 Å². The van der Waals surface area contributed by atoms with Crippen LogP contribution in [-0.4, -0.2) is 50.8 Å². The number of hydrogen-bond donors (Lipinski definition) is 2. The lowest BCUT2D eigenvalue weighted by atomic mass is 10.0. The van der Waals surface area contributed by atoms with Crippen molar-refractivity contribution in [3.05, 3.63) is 60.2 Å². The Morgan fingerprint density at radius 1 is 1.00 bits per heavy atom. The molecule has 2 amide bonds. The molecule has 0 spiro atoms. The number of methoxy groups -OCH3 is 1. The molecule has 0 unspecified atom stereocenters. The smallest absolute Gasteiger partial charge is 0.309 e. The second kappa shape index (κ2) is 11.1. The highest BCUT2D eigenvalue weighted by atomic mass is 32.2. The largest absolute Gasteiger partial charge is 0.496 e. The number of hydrogen-bond acceptors (Lipinski definition) is 5. The van der Waals surface area contributed by atoms with E-state index in [0.29, 0.717) is 18.7 Å². The van der Waals surface area contributed by atoms with Crippen LogP contribution in [0.2, 0.25) is 0 Å². The molecule has 1 heterocycles. The molecule has 1 atom stereocenters. The standard InChI is InChI=1S/C23H29N3O5S/c1-31-21-13-6-5-9-18(21)17-25-23(28)22(27)24-15-14-19-10-7-8-16-26(19)32(29,30)20-11-3-2-4-12-20/h2-6,9,11-13,19H,7-8,10,14-17H2,1H3,(H,24,27)(H,25,28)/t19-/m0/s1. The third-order valence-electron chi connectivity index (χ3n) is 5.52. The van der Waals surface area contributed by atoms with Gasteiger partial charge < -0.3 is 15.4 Å². The maximum Gasteiger partial charge on any atom is 0.309 e. The fourth-order valence-electron chi connectivity index (χ4n) is 3.84. The van der Waals surface area contributed by atoms with Gasteiger partial charge in [0.15, 0.2) is 0 Å². The highest BCUT2D eigenvalue weighted by Gasteiger charge is 2.33. The van der Waals surface area contributed by atoms with Gasteiger partial charge in [-0.2, -0.15) is 4.31 Å². The first kappa shape index (κ1) is 23.7. The highest BCUT2D eigenvalue weighted by molar-refractivity contribution is 7.89. The van der Waals surface area contributed by atoms with Gasteiger partial charge in [0.1, 0.15) is 5.75 Å². The van der Waals surface area contributed by atoms with Crippen LogP contribution in [0.1, 0.15) is 31.2 Å². The third-order valence-corrected chi connectivity index (χ3v) is 7.49. The number of carbonyl (C=O) groups is 2. The number of rotatable bonds is 8. The molecule has 2 N–H and O–H groups in total. The van der Waals surface area contributed by atoms with Crippen LogP contribution in [0.3, 0.4) is 0 Å². The Labute approximate surface area is 189 Å². The molecule has 0 bridgehead atoms. The van der Waals surface area contributed by atoms with E-state index in [4.69, 9.17) is 4.74 Å². The van der Waals surface area contributed by atoms with Crippen molar-refractivity contribution < 1.29 is 22.7 Å². The number of carbonyl (C=O) groups excluding carboxylic acids is 2. The van der Waals surface area contributed by atoms with E-state index >= 15 is 0 Å². The quantitative estimate of drug-likeness (QED) is 0.588. The molecule has 1 saturated heterocycles. The van der Waals surface area contributed by atoms with E-state index in [-0.39, 0.29) is 24.0 Å². The minimum Gasteiger partial charge on any atom is -0.496 e. The van der Waals surface area contributed by atoms with E-state index in [1.54, 1.807) is 43.5 Å². The maximum absolute atomic E-state index is 13.0. The zero-order valence-corrected chi connectivity index (χ0v) is 18.9. The molecular weight excluding hydrogens is 430 g/mol. The van der Waals surface area contributed by atoms with Crippen molar-refractivity contribution in [3.8, 4) is 5.75 Å². The second-order valence-corrected chi connectivity index (χ2v) is 9.51. The molecule has 0 aromatic heterocycles. The minimum atomic E-state index is -3.59. The van der Waals surface area contributed by atoms with Crippen molar-refractivity contribution in [1.82, 2.24) is 14.9 Å². The predicted molar refractivity (Wildman–Crippen MR) is 120 cm³/mol. The Morgan fingerprint density at radius 3 is 2.44 bits per heavy atom. The number of nitrogens with zero attached hydrogens (tertiary/aromatic N) is 1. The van der Waals surface area contributed by atoms with Gasteiger partial charge in [-0.25, -0.2) is 8.42 Å². The van der Waals surface area contributed by atoms with E-state index in [1.807, 2.05) is 18.2 Å². The van der Waals surface area contributed by atoms with Gasteiger partial charge in [0.25, 0.3) is 0 Å².